The molecular weight excluding hydrogens is 390 g/mol. The maximum atomic E-state index is 13.0. The molecule has 2 N–H and O–H groups in total. The van der Waals surface area contributed by atoms with Crippen LogP contribution in [-0.4, -0.2) is 37.1 Å². The molecule has 0 saturated heterocycles. The Morgan fingerprint density at radius 2 is 1.74 bits per heavy atom. The van der Waals surface area contributed by atoms with Gasteiger partial charge in [-0.05, 0) is 23.9 Å². The van der Waals surface area contributed by atoms with Gasteiger partial charge in [-0.3, -0.25) is 4.90 Å². The van der Waals surface area contributed by atoms with Gasteiger partial charge in [0.2, 0.25) is 0 Å². The number of benzene rings is 3. The van der Waals surface area contributed by atoms with E-state index in [0.717, 1.165) is 22.0 Å². The third-order valence-corrected chi connectivity index (χ3v) is 5.44. The second kappa shape index (κ2) is 8.92. The number of hydrogen-bond acceptors (Lipinski definition) is 4. The van der Waals surface area contributed by atoms with Gasteiger partial charge < -0.3 is 15.4 Å². The molecule has 1 unspecified atom stereocenters. The number of nitrogens with one attached hydrogen (secondary N) is 2. The quantitative estimate of drug-likeness (QED) is 0.583. The van der Waals surface area contributed by atoms with E-state index in [1.165, 1.54) is 4.90 Å². The summed E-state index contributed by atoms with van der Waals surface area (Å²) in [6, 6.07) is 22.7. The molecule has 3 aromatic carbocycles. The Kier molecular flexibility index (Phi) is 5.89. The van der Waals surface area contributed by atoms with E-state index in [4.69, 9.17) is 4.74 Å². The highest BCUT2D eigenvalue weighted by Crippen LogP contribution is 2.31. The maximum Gasteiger partial charge on any atom is 0.338 e. The van der Waals surface area contributed by atoms with E-state index < -0.39 is 12.0 Å². The lowest BCUT2D eigenvalue weighted by Gasteiger charge is -2.35. The second-order valence-electron chi connectivity index (χ2n) is 7.31. The smallest absolute Gasteiger partial charge is 0.338 e. The molecule has 0 aromatic heterocycles. The number of likely N-dealkylation sites (N-methyl/N-ethyl adjacent to an activating group) is 1. The Balaban J connectivity index is 1.75. The van der Waals surface area contributed by atoms with Gasteiger partial charge in [0.25, 0.3) is 0 Å². The van der Waals surface area contributed by atoms with Crippen LogP contribution in [0, 0.1) is 0 Å². The maximum absolute atomic E-state index is 13.0. The van der Waals surface area contributed by atoms with Gasteiger partial charge >= 0.3 is 12.0 Å². The first kappa shape index (κ1) is 20.5. The number of esters is 1. The first-order valence-electron chi connectivity index (χ1n) is 10.3. The number of urea groups is 1. The molecule has 3 aromatic rings. The molecule has 6 heteroatoms. The molecule has 0 spiro atoms. The lowest BCUT2D eigenvalue weighted by molar-refractivity contribution is -0.139. The zero-order valence-corrected chi connectivity index (χ0v) is 17.6. The van der Waals surface area contributed by atoms with Crippen LogP contribution in [0.5, 0.6) is 0 Å². The second-order valence-corrected chi connectivity index (χ2v) is 7.31. The summed E-state index contributed by atoms with van der Waals surface area (Å²) in [6.45, 7) is 2.33. The van der Waals surface area contributed by atoms with Gasteiger partial charge in [0.05, 0.1) is 30.5 Å². The number of carbonyl (C=O) groups excluding carboxylic acids is 2. The summed E-state index contributed by atoms with van der Waals surface area (Å²) < 4.78 is 5.37. The Labute approximate surface area is 181 Å². The molecule has 0 bridgehead atoms. The summed E-state index contributed by atoms with van der Waals surface area (Å²) in [6.07, 6.45) is 0. The Hall–Kier alpha value is -3.80. The molecule has 1 aliphatic heterocycles. The largest absolute Gasteiger partial charge is 0.463 e. The van der Waals surface area contributed by atoms with Gasteiger partial charge in [-0.2, -0.15) is 0 Å². The van der Waals surface area contributed by atoms with Crippen LogP contribution in [0.2, 0.25) is 0 Å². The number of carbonyl (C=O) groups is 2. The molecule has 1 atom stereocenters. The Morgan fingerprint density at radius 1 is 1.03 bits per heavy atom. The molecule has 158 valence electrons. The third kappa shape index (κ3) is 4.10. The van der Waals surface area contributed by atoms with Crippen molar-refractivity contribution in [3.63, 3.8) is 0 Å². The molecule has 1 heterocycles. The predicted octanol–water partition coefficient (Wildman–Crippen LogP) is 4.47. The molecule has 0 fully saturated rings. The van der Waals surface area contributed by atoms with Crippen LogP contribution in [0.4, 0.5) is 10.5 Å². The van der Waals surface area contributed by atoms with Crippen LogP contribution in [-0.2, 0) is 9.53 Å². The average molecular weight is 415 g/mol. The van der Waals surface area contributed by atoms with Gasteiger partial charge in [0.1, 0.15) is 0 Å². The highest BCUT2D eigenvalue weighted by molar-refractivity contribution is 5.96. The normalized spacial score (nSPS) is 16.3. The van der Waals surface area contributed by atoms with E-state index in [-0.39, 0.29) is 12.6 Å². The van der Waals surface area contributed by atoms with Crippen LogP contribution >= 0.6 is 0 Å². The molecule has 0 saturated carbocycles. The van der Waals surface area contributed by atoms with Gasteiger partial charge in [-0.25, -0.2) is 9.59 Å². The summed E-state index contributed by atoms with van der Waals surface area (Å²) in [5, 5.41) is 8.54. The average Bonchev–Trinajstić information content (AvgIpc) is 2.80. The first-order chi connectivity index (χ1) is 15.1. The van der Waals surface area contributed by atoms with Crippen molar-refractivity contribution in [2.24, 2.45) is 0 Å². The fourth-order valence-corrected chi connectivity index (χ4v) is 3.87. The van der Waals surface area contributed by atoms with E-state index in [1.807, 2.05) is 60.7 Å². The highest BCUT2D eigenvalue weighted by Gasteiger charge is 2.36. The lowest BCUT2D eigenvalue weighted by atomic mass is 9.94. The van der Waals surface area contributed by atoms with Crippen LogP contribution in [0.3, 0.4) is 0 Å². The van der Waals surface area contributed by atoms with Gasteiger partial charge in [-0.15, -0.1) is 0 Å². The zero-order valence-electron chi connectivity index (χ0n) is 17.6. The van der Waals surface area contributed by atoms with E-state index in [0.29, 0.717) is 17.8 Å². The van der Waals surface area contributed by atoms with E-state index >= 15 is 0 Å². The van der Waals surface area contributed by atoms with Crippen LogP contribution < -0.4 is 10.6 Å². The minimum absolute atomic E-state index is 0.255. The Bertz CT molecular complexity index is 1140. The first-order valence-corrected chi connectivity index (χ1v) is 10.3. The summed E-state index contributed by atoms with van der Waals surface area (Å²) >= 11 is 0. The van der Waals surface area contributed by atoms with E-state index in [1.54, 1.807) is 14.0 Å². The van der Waals surface area contributed by atoms with Crippen LogP contribution in [0.1, 0.15) is 18.5 Å². The Morgan fingerprint density at radius 3 is 2.52 bits per heavy atom. The van der Waals surface area contributed by atoms with Gasteiger partial charge in [0, 0.05) is 18.1 Å². The lowest BCUT2D eigenvalue weighted by Crippen LogP contribution is -2.48. The number of anilines is 1. The van der Waals surface area contributed by atoms with Crippen molar-refractivity contribution in [2.75, 3.05) is 25.5 Å². The summed E-state index contributed by atoms with van der Waals surface area (Å²) in [5.41, 5.74) is 2.78. The molecule has 1 aliphatic rings. The molecule has 6 nitrogen and oxygen atoms in total. The van der Waals surface area contributed by atoms with Crippen molar-refractivity contribution >= 4 is 28.5 Å². The standard InChI is InChI=1S/C25H25N3O3/c1-3-31-24(29)22-21(16-26-20-15-9-13-17-10-7-8-14-19(17)20)28(2)25(30)27-23(22)18-11-5-4-6-12-18/h4-15,23,26H,3,16H2,1-2H3,(H,27,30). The monoisotopic (exact) mass is 415 g/mol. The van der Waals surface area contributed by atoms with E-state index in [9.17, 15) is 9.59 Å². The number of ether oxygens (including phenoxy) is 1. The molecular formula is C25H25N3O3. The molecule has 4 rings (SSSR count). The van der Waals surface area contributed by atoms with Crippen molar-refractivity contribution in [3.8, 4) is 0 Å². The van der Waals surface area contributed by atoms with E-state index in [2.05, 4.69) is 22.8 Å². The number of fused-ring (bicyclic) bond motifs is 1. The third-order valence-electron chi connectivity index (χ3n) is 5.44. The van der Waals surface area contributed by atoms with Crippen molar-refractivity contribution in [1.29, 1.82) is 0 Å². The van der Waals surface area contributed by atoms with Crippen molar-refractivity contribution < 1.29 is 14.3 Å². The molecule has 2 amide bonds. The highest BCUT2D eigenvalue weighted by atomic mass is 16.5. The summed E-state index contributed by atoms with van der Waals surface area (Å²) in [7, 11) is 1.66. The predicted molar refractivity (Wildman–Crippen MR) is 122 cm³/mol. The molecule has 31 heavy (non-hydrogen) atoms. The number of hydrogen-bond donors (Lipinski definition) is 2. The number of nitrogens with zero attached hydrogens (tertiary/aromatic N) is 1. The van der Waals surface area contributed by atoms with Crippen molar-refractivity contribution in [2.45, 2.75) is 13.0 Å². The fraction of sp³-hybridized carbons (Fsp3) is 0.200. The number of amides is 2. The van der Waals surface area contributed by atoms with Gasteiger partial charge in [-0.1, -0.05) is 66.7 Å². The topological polar surface area (TPSA) is 70.7 Å². The molecule has 0 radical (unpaired) electrons. The number of rotatable bonds is 6. The van der Waals surface area contributed by atoms with Gasteiger partial charge in [0.15, 0.2) is 0 Å². The summed E-state index contributed by atoms with van der Waals surface area (Å²) in [5.74, 6) is -0.432. The zero-order chi connectivity index (χ0) is 21.8. The SMILES string of the molecule is CCOC(=O)C1=C(CNc2cccc3ccccc23)N(C)C(=O)NC1c1ccccc1. The minimum atomic E-state index is -0.576. The van der Waals surface area contributed by atoms with Crippen LogP contribution in [0.15, 0.2) is 84.1 Å². The minimum Gasteiger partial charge on any atom is -0.463 e. The van der Waals surface area contributed by atoms with Crippen molar-refractivity contribution in [1.82, 2.24) is 10.2 Å². The van der Waals surface area contributed by atoms with Crippen molar-refractivity contribution in [3.05, 3.63) is 89.6 Å². The molecule has 0 aliphatic carbocycles. The van der Waals surface area contributed by atoms with Crippen LogP contribution in [0.25, 0.3) is 10.8 Å². The summed E-state index contributed by atoms with van der Waals surface area (Å²) in [4.78, 5) is 27.2. The fourth-order valence-electron chi connectivity index (χ4n) is 3.87.